The van der Waals surface area contributed by atoms with Crippen LogP contribution in [0.3, 0.4) is 0 Å². The molecule has 1 N–H and O–H groups in total. The third-order valence-electron chi connectivity index (χ3n) is 3.01. The number of hydrogen-bond acceptors (Lipinski definition) is 3. The van der Waals surface area contributed by atoms with Crippen LogP contribution in [-0.4, -0.2) is 20.6 Å². The van der Waals surface area contributed by atoms with E-state index in [0.717, 1.165) is 12.8 Å². The lowest BCUT2D eigenvalue weighted by Crippen LogP contribution is -2.19. The van der Waals surface area contributed by atoms with Gasteiger partial charge in [0.05, 0.1) is 5.39 Å². The molecule has 2 aromatic heterocycles. The summed E-state index contributed by atoms with van der Waals surface area (Å²) in [6, 6.07) is 3.24. The van der Waals surface area contributed by atoms with Crippen LogP contribution in [0.25, 0.3) is 11.0 Å². The van der Waals surface area contributed by atoms with E-state index < -0.39 is 11.4 Å². The van der Waals surface area contributed by atoms with Crippen LogP contribution in [0.5, 0.6) is 0 Å². The first kappa shape index (κ1) is 11.2. The van der Waals surface area contributed by atoms with E-state index in [1.54, 1.807) is 4.57 Å². The van der Waals surface area contributed by atoms with E-state index in [1.807, 2.05) is 0 Å². The standard InChI is InChI=1S/C12H9ClN2O3/c13-9-4-3-7-10(16)8(12(17)18)5-15(6-1-2-6)11(7)14-9/h3-6H,1-2H2,(H,17,18). The van der Waals surface area contributed by atoms with E-state index in [2.05, 4.69) is 4.98 Å². The molecule has 0 amide bonds. The number of nitrogens with zero attached hydrogens (tertiary/aromatic N) is 2. The van der Waals surface area contributed by atoms with Crippen molar-refractivity contribution in [3.8, 4) is 0 Å². The van der Waals surface area contributed by atoms with Crippen LogP contribution in [0.4, 0.5) is 0 Å². The van der Waals surface area contributed by atoms with Gasteiger partial charge in [-0.05, 0) is 25.0 Å². The molecule has 0 aliphatic heterocycles. The van der Waals surface area contributed by atoms with Gasteiger partial charge in [-0.2, -0.15) is 0 Å². The van der Waals surface area contributed by atoms with Crippen LogP contribution in [-0.2, 0) is 0 Å². The van der Waals surface area contributed by atoms with Crippen LogP contribution in [0.1, 0.15) is 29.2 Å². The largest absolute Gasteiger partial charge is 0.477 e. The van der Waals surface area contributed by atoms with Crippen molar-refractivity contribution in [2.45, 2.75) is 18.9 Å². The van der Waals surface area contributed by atoms with Crippen molar-refractivity contribution in [2.24, 2.45) is 0 Å². The summed E-state index contributed by atoms with van der Waals surface area (Å²) in [6.45, 7) is 0. The lowest BCUT2D eigenvalue weighted by molar-refractivity contribution is 0.0695. The number of halogens is 1. The van der Waals surface area contributed by atoms with Gasteiger partial charge in [-0.25, -0.2) is 9.78 Å². The van der Waals surface area contributed by atoms with Crippen LogP contribution < -0.4 is 5.43 Å². The Morgan fingerprint density at radius 3 is 2.78 bits per heavy atom. The van der Waals surface area contributed by atoms with E-state index in [9.17, 15) is 9.59 Å². The maximum atomic E-state index is 12.0. The molecular weight excluding hydrogens is 256 g/mol. The van der Waals surface area contributed by atoms with Crippen molar-refractivity contribution in [3.63, 3.8) is 0 Å². The number of hydrogen-bond donors (Lipinski definition) is 1. The molecule has 1 aliphatic rings. The molecular formula is C12H9ClN2O3. The van der Waals surface area contributed by atoms with E-state index in [0.29, 0.717) is 16.2 Å². The number of aromatic nitrogens is 2. The minimum absolute atomic E-state index is 0.220. The molecule has 92 valence electrons. The molecule has 2 aromatic rings. The average Bonchev–Trinajstić information content (AvgIpc) is 3.13. The molecule has 0 radical (unpaired) electrons. The van der Waals surface area contributed by atoms with Crippen LogP contribution >= 0.6 is 11.6 Å². The third-order valence-corrected chi connectivity index (χ3v) is 3.22. The number of fused-ring (bicyclic) bond motifs is 1. The molecule has 0 spiro atoms. The minimum atomic E-state index is -1.22. The predicted octanol–water partition coefficient (Wildman–Crippen LogP) is 2.08. The monoisotopic (exact) mass is 264 g/mol. The van der Waals surface area contributed by atoms with Gasteiger partial charge >= 0.3 is 5.97 Å². The highest BCUT2D eigenvalue weighted by Crippen LogP contribution is 2.36. The van der Waals surface area contributed by atoms with Crippen LogP contribution in [0, 0.1) is 0 Å². The summed E-state index contributed by atoms with van der Waals surface area (Å²) in [5.74, 6) is -1.22. The molecule has 0 atom stereocenters. The Morgan fingerprint density at radius 2 is 2.17 bits per heavy atom. The van der Waals surface area contributed by atoms with Crippen molar-refractivity contribution < 1.29 is 9.90 Å². The van der Waals surface area contributed by atoms with Crippen molar-refractivity contribution in [3.05, 3.63) is 39.3 Å². The minimum Gasteiger partial charge on any atom is -0.477 e. The second kappa shape index (κ2) is 3.81. The predicted molar refractivity (Wildman–Crippen MR) is 66.2 cm³/mol. The van der Waals surface area contributed by atoms with E-state index >= 15 is 0 Å². The molecule has 6 heteroatoms. The maximum absolute atomic E-state index is 12.0. The molecule has 5 nitrogen and oxygen atoms in total. The van der Waals surface area contributed by atoms with Gasteiger partial charge in [-0.15, -0.1) is 0 Å². The molecule has 0 aromatic carbocycles. The molecule has 3 rings (SSSR count). The Labute approximate surface area is 107 Å². The highest BCUT2D eigenvalue weighted by atomic mass is 35.5. The van der Waals surface area contributed by atoms with Crippen molar-refractivity contribution in [2.75, 3.05) is 0 Å². The highest BCUT2D eigenvalue weighted by Gasteiger charge is 2.27. The summed E-state index contributed by atoms with van der Waals surface area (Å²) in [5, 5.41) is 9.64. The molecule has 0 unspecified atom stereocenters. The highest BCUT2D eigenvalue weighted by molar-refractivity contribution is 6.29. The van der Waals surface area contributed by atoms with Crippen LogP contribution in [0.15, 0.2) is 23.1 Å². The van der Waals surface area contributed by atoms with Gasteiger partial charge in [0, 0.05) is 12.2 Å². The Kier molecular flexibility index (Phi) is 2.38. The Balaban J connectivity index is 2.43. The first-order valence-corrected chi connectivity index (χ1v) is 5.90. The number of rotatable bonds is 2. The van der Waals surface area contributed by atoms with Crippen molar-refractivity contribution in [1.82, 2.24) is 9.55 Å². The summed E-state index contributed by atoms with van der Waals surface area (Å²) >= 11 is 5.83. The van der Waals surface area contributed by atoms with Gasteiger partial charge in [0.1, 0.15) is 16.4 Å². The number of carboxylic acids is 1. The summed E-state index contributed by atoms with van der Waals surface area (Å²) in [6.07, 6.45) is 3.30. The average molecular weight is 265 g/mol. The fourth-order valence-electron chi connectivity index (χ4n) is 1.99. The molecule has 1 saturated carbocycles. The molecule has 0 bridgehead atoms. The zero-order valence-electron chi connectivity index (χ0n) is 9.26. The quantitative estimate of drug-likeness (QED) is 0.843. The van der Waals surface area contributed by atoms with Gasteiger partial charge in [-0.3, -0.25) is 4.79 Å². The lowest BCUT2D eigenvalue weighted by Gasteiger charge is -2.10. The third kappa shape index (κ3) is 1.67. The molecule has 1 aliphatic carbocycles. The number of aromatic carboxylic acids is 1. The van der Waals surface area contributed by atoms with Gasteiger partial charge in [0.25, 0.3) is 0 Å². The van der Waals surface area contributed by atoms with E-state index in [1.165, 1.54) is 18.3 Å². The topological polar surface area (TPSA) is 72.2 Å². The molecule has 2 heterocycles. The van der Waals surface area contributed by atoms with Crippen molar-refractivity contribution in [1.29, 1.82) is 0 Å². The smallest absolute Gasteiger partial charge is 0.341 e. The van der Waals surface area contributed by atoms with E-state index in [-0.39, 0.29) is 11.6 Å². The lowest BCUT2D eigenvalue weighted by atomic mass is 10.2. The van der Waals surface area contributed by atoms with Crippen LogP contribution in [0.2, 0.25) is 5.15 Å². The summed E-state index contributed by atoms with van der Waals surface area (Å²) in [4.78, 5) is 27.2. The summed E-state index contributed by atoms with van der Waals surface area (Å²) in [5.41, 5.74) is -0.280. The number of pyridine rings is 2. The number of carbonyl (C=O) groups is 1. The fourth-order valence-corrected chi connectivity index (χ4v) is 2.13. The van der Waals surface area contributed by atoms with Gasteiger partial charge in [0.15, 0.2) is 0 Å². The second-order valence-corrected chi connectivity index (χ2v) is 4.71. The Hall–Kier alpha value is -1.88. The Morgan fingerprint density at radius 1 is 1.44 bits per heavy atom. The second-order valence-electron chi connectivity index (χ2n) is 4.32. The summed E-state index contributed by atoms with van der Waals surface area (Å²) in [7, 11) is 0. The first-order valence-electron chi connectivity index (χ1n) is 5.52. The molecule has 1 fully saturated rings. The van der Waals surface area contributed by atoms with Crippen molar-refractivity contribution >= 4 is 28.6 Å². The fraction of sp³-hybridized carbons (Fsp3) is 0.250. The number of carboxylic acid groups (broad SMARTS) is 1. The zero-order chi connectivity index (χ0) is 12.9. The zero-order valence-corrected chi connectivity index (χ0v) is 10.0. The first-order chi connectivity index (χ1) is 8.58. The van der Waals surface area contributed by atoms with Gasteiger partial charge < -0.3 is 9.67 Å². The van der Waals surface area contributed by atoms with E-state index in [4.69, 9.17) is 16.7 Å². The van der Waals surface area contributed by atoms with Gasteiger partial charge in [0.2, 0.25) is 5.43 Å². The van der Waals surface area contributed by atoms with Gasteiger partial charge in [-0.1, -0.05) is 11.6 Å². The SMILES string of the molecule is O=C(O)c1cn(C2CC2)c2nc(Cl)ccc2c1=O. The molecule has 0 saturated heterocycles. The Bertz CT molecular complexity index is 719. The maximum Gasteiger partial charge on any atom is 0.341 e. The molecule has 18 heavy (non-hydrogen) atoms. The normalized spacial score (nSPS) is 14.9. The summed E-state index contributed by atoms with van der Waals surface area (Å²) < 4.78 is 1.74.